The van der Waals surface area contributed by atoms with Crippen molar-refractivity contribution in [1.82, 2.24) is 0 Å². The maximum absolute atomic E-state index is 6.01. The minimum Gasteiger partial charge on any atom is -0.119 e. The van der Waals surface area contributed by atoms with E-state index < -0.39 is 5.41 Å². The van der Waals surface area contributed by atoms with Crippen molar-refractivity contribution >= 4 is 5.57 Å². The average molecular weight is 280 g/mol. The summed E-state index contributed by atoms with van der Waals surface area (Å²) in [4.78, 5) is 0. The van der Waals surface area contributed by atoms with Crippen LogP contribution in [0.5, 0.6) is 0 Å². The topological polar surface area (TPSA) is 0 Å². The first-order valence-electron chi connectivity index (χ1n) is 7.28. The van der Waals surface area contributed by atoms with Gasteiger partial charge in [0.15, 0.2) is 0 Å². The van der Waals surface area contributed by atoms with E-state index in [0.29, 0.717) is 0 Å². The van der Waals surface area contributed by atoms with Crippen LogP contribution in [0.2, 0.25) is 0 Å². The Morgan fingerprint density at radius 2 is 1.64 bits per heavy atom. The Hall–Kier alpha value is -2.96. The molecule has 1 unspecified atom stereocenters. The molecular formula is C22H16. The van der Waals surface area contributed by atoms with E-state index in [1.807, 2.05) is 36.4 Å². The summed E-state index contributed by atoms with van der Waals surface area (Å²) in [5.41, 5.74) is 3.66. The molecule has 1 aliphatic carbocycles. The Balaban J connectivity index is 2.24. The first-order chi connectivity index (χ1) is 10.8. The van der Waals surface area contributed by atoms with Gasteiger partial charge in [0, 0.05) is 5.56 Å². The van der Waals surface area contributed by atoms with Gasteiger partial charge in [-0.2, -0.15) is 0 Å². The van der Waals surface area contributed by atoms with Gasteiger partial charge >= 0.3 is 0 Å². The third-order valence-corrected chi connectivity index (χ3v) is 4.17. The lowest BCUT2D eigenvalue weighted by atomic mass is 9.67. The van der Waals surface area contributed by atoms with Crippen LogP contribution >= 0.6 is 0 Å². The maximum atomic E-state index is 6.01. The number of rotatable bonds is 2. The zero-order chi connectivity index (χ0) is 15.4. The van der Waals surface area contributed by atoms with E-state index in [4.69, 9.17) is 12.8 Å². The van der Waals surface area contributed by atoms with Gasteiger partial charge in [0.05, 0.1) is 5.41 Å². The van der Waals surface area contributed by atoms with Crippen LogP contribution in [0, 0.1) is 24.7 Å². The van der Waals surface area contributed by atoms with Crippen molar-refractivity contribution in [2.45, 2.75) is 11.8 Å². The van der Waals surface area contributed by atoms with Gasteiger partial charge in [-0.1, -0.05) is 78.6 Å². The van der Waals surface area contributed by atoms with Crippen LogP contribution in [0.25, 0.3) is 5.57 Å². The van der Waals surface area contributed by atoms with Crippen LogP contribution in [0.3, 0.4) is 0 Å². The molecule has 0 aliphatic heterocycles. The molecule has 1 aliphatic rings. The number of allylic oxidation sites excluding steroid dienone is 4. The van der Waals surface area contributed by atoms with E-state index in [0.717, 1.165) is 28.7 Å². The molecule has 0 heteroatoms. The largest absolute Gasteiger partial charge is 0.119 e. The molecule has 0 spiro atoms. The summed E-state index contributed by atoms with van der Waals surface area (Å²) >= 11 is 0. The van der Waals surface area contributed by atoms with Crippen molar-refractivity contribution < 1.29 is 0 Å². The van der Waals surface area contributed by atoms with E-state index >= 15 is 0 Å². The van der Waals surface area contributed by atoms with Gasteiger partial charge < -0.3 is 0 Å². The summed E-state index contributed by atoms with van der Waals surface area (Å²) in [7, 11) is 0. The zero-order valence-electron chi connectivity index (χ0n) is 12.3. The second kappa shape index (κ2) is 5.80. The summed E-state index contributed by atoms with van der Waals surface area (Å²) in [6.45, 7) is 0. The van der Waals surface area contributed by atoms with Crippen molar-refractivity contribution in [3.63, 3.8) is 0 Å². The van der Waals surface area contributed by atoms with Crippen LogP contribution in [0.4, 0.5) is 0 Å². The molecule has 3 rings (SSSR count). The Bertz CT molecular complexity index is 822. The van der Waals surface area contributed by atoms with Crippen LogP contribution < -0.4 is 0 Å². The molecule has 0 heterocycles. The highest BCUT2D eigenvalue weighted by molar-refractivity contribution is 5.84. The number of hydrogen-bond acceptors (Lipinski definition) is 0. The van der Waals surface area contributed by atoms with E-state index in [-0.39, 0.29) is 0 Å². The van der Waals surface area contributed by atoms with E-state index in [1.54, 1.807) is 0 Å². The fourth-order valence-corrected chi connectivity index (χ4v) is 3.04. The molecule has 2 aromatic carbocycles. The normalized spacial score (nSPS) is 19.8. The van der Waals surface area contributed by atoms with Gasteiger partial charge in [-0.3, -0.25) is 0 Å². The molecule has 0 N–H and O–H groups in total. The van der Waals surface area contributed by atoms with E-state index in [1.165, 1.54) is 0 Å². The SMILES string of the molecule is C#Cc1ccccc1C1=CC=CCC1(C#C)c1ccccc1. The first kappa shape index (κ1) is 14.0. The van der Waals surface area contributed by atoms with Gasteiger partial charge in [-0.05, 0) is 29.2 Å². The van der Waals surface area contributed by atoms with Crippen molar-refractivity contribution in [2.24, 2.45) is 0 Å². The average Bonchev–Trinajstić information content (AvgIpc) is 2.62. The number of benzene rings is 2. The smallest absolute Gasteiger partial charge is 0.0849 e. The third-order valence-electron chi connectivity index (χ3n) is 4.17. The van der Waals surface area contributed by atoms with Gasteiger partial charge in [0.2, 0.25) is 0 Å². The Morgan fingerprint density at radius 1 is 0.909 bits per heavy atom. The summed E-state index contributed by atoms with van der Waals surface area (Å²) < 4.78 is 0. The van der Waals surface area contributed by atoms with Gasteiger partial charge in [0.25, 0.3) is 0 Å². The number of hydrogen-bond donors (Lipinski definition) is 0. The summed E-state index contributed by atoms with van der Waals surface area (Å²) in [6.07, 6.45) is 18.7. The van der Waals surface area contributed by atoms with Crippen LogP contribution in [0.1, 0.15) is 23.1 Å². The minimum absolute atomic E-state index is 0.469. The Morgan fingerprint density at radius 3 is 2.36 bits per heavy atom. The summed E-state index contributed by atoms with van der Waals surface area (Å²) in [5, 5.41) is 0. The van der Waals surface area contributed by atoms with E-state index in [2.05, 4.69) is 48.3 Å². The lowest BCUT2D eigenvalue weighted by Gasteiger charge is -2.33. The second-order valence-electron chi connectivity index (χ2n) is 5.32. The van der Waals surface area contributed by atoms with Gasteiger partial charge in [-0.25, -0.2) is 0 Å². The lowest BCUT2D eigenvalue weighted by molar-refractivity contribution is 0.724. The highest BCUT2D eigenvalue weighted by atomic mass is 14.4. The lowest BCUT2D eigenvalue weighted by Crippen LogP contribution is -2.27. The van der Waals surface area contributed by atoms with Crippen molar-refractivity contribution in [1.29, 1.82) is 0 Å². The molecule has 0 nitrogen and oxygen atoms in total. The predicted octanol–water partition coefficient (Wildman–Crippen LogP) is 4.58. The predicted molar refractivity (Wildman–Crippen MR) is 93.1 cm³/mol. The van der Waals surface area contributed by atoms with E-state index in [9.17, 15) is 0 Å². The van der Waals surface area contributed by atoms with Crippen LogP contribution in [-0.2, 0) is 5.41 Å². The minimum atomic E-state index is -0.469. The monoisotopic (exact) mass is 280 g/mol. The molecule has 22 heavy (non-hydrogen) atoms. The van der Waals surface area contributed by atoms with Crippen LogP contribution in [-0.4, -0.2) is 0 Å². The summed E-state index contributed by atoms with van der Waals surface area (Å²) in [5.74, 6) is 5.82. The quantitative estimate of drug-likeness (QED) is 0.706. The maximum Gasteiger partial charge on any atom is 0.0849 e. The Kier molecular flexibility index (Phi) is 3.69. The zero-order valence-corrected chi connectivity index (χ0v) is 12.3. The Labute approximate surface area is 132 Å². The van der Waals surface area contributed by atoms with Crippen molar-refractivity contribution in [3.05, 3.63) is 89.5 Å². The molecule has 1 atom stereocenters. The van der Waals surface area contributed by atoms with Crippen LogP contribution in [0.15, 0.2) is 72.8 Å². The third kappa shape index (κ3) is 2.16. The fourth-order valence-electron chi connectivity index (χ4n) is 3.04. The molecule has 0 amide bonds. The first-order valence-corrected chi connectivity index (χ1v) is 7.28. The standard InChI is InChI=1S/C22H16/c1-3-18-12-8-9-15-20(18)21-16-10-11-17-22(21,4-2)19-13-6-5-7-14-19/h1-2,5-16H,17H2. The molecule has 0 fully saturated rings. The highest BCUT2D eigenvalue weighted by Crippen LogP contribution is 2.44. The summed E-state index contributed by atoms with van der Waals surface area (Å²) in [6, 6.07) is 18.2. The second-order valence-corrected chi connectivity index (χ2v) is 5.32. The van der Waals surface area contributed by atoms with Crippen molar-refractivity contribution in [3.8, 4) is 24.7 Å². The van der Waals surface area contributed by atoms with Gasteiger partial charge in [0.1, 0.15) is 0 Å². The molecule has 0 saturated carbocycles. The molecule has 2 aromatic rings. The molecule has 104 valence electrons. The molecule has 0 radical (unpaired) electrons. The molecular weight excluding hydrogens is 264 g/mol. The molecule has 0 saturated heterocycles. The molecule has 0 bridgehead atoms. The molecule has 0 aromatic heterocycles. The number of terminal acetylenes is 2. The van der Waals surface area contributed by atoms with Crippen molar-refractivity contribution in [2.75, 3.05) is 0 Å². The fraction of sp³-hybridized carbons (Fsp3) is 0.0909. The highest BCUT2D eigenvalue weighted by Gasteiger charge is 2.35. The van der Waals surface area contributed by atoms with Gasteiger partial charge in [-0.15, -0.1) is 12.8 Å².